The summed E-state index contributed by atoms with van der Waals surface area (Å²) < 4.78 is 5.80. The van der Waals surface area contributed by atoms with E-state index in [1.165, 1.54) is 11.1 Å². The van der Waals surface area contributed by atoms with Crippen molar-refractivity contribution in [3.05, 3.63) is 53.6 Å². The summed E-state index contributed by atoms with van der Waals surface area (Å²) in [5, 5.41) is 0. The highest BCUT2D eigenvalue weighted by Gasteiger charge is 2.16. The van der Waals surface area contributed by atoms with Crippen molar-refractivity contribution in [2.75, 3.05) is 23.8 Å². The van der Waals surface area contributed by atoms with Crippen molar-refractivity contribution in [1.82, 2.24) is 0 Å². The topological polar surface area (TPSA) is 38.5 Å². The molecule has 0 fully saturated rings. The smallest absolute Gasteiger partial charge is 0.142 e. The lowest BCUT2D eigenvalue weighted by molar-refractivity contribution is 0.322. The standard InChI is InChI=1S/C17H20N2O/c1-13-7-8-15(18)14(11-13)12-19-9-4-10-20-17-6-3-2-5-16(17)19/h2-3,5-8,11H,4,9-10,12,18H2,1H3. The van der Waals surface area contributed by atoms with Crippen molar-refractivity contribution in [2.24, 2.45) is 0 Å². The number of rotatable bonds is 2. The predicted molar refractivity (Wildman–Crippen MR) is 83.2 cm³/mol. The fraction of sp³-hybridized carbons (Fsp3) is 0.294. The maximum atomic E-state index is 6.11. The second-order valence-corrected chi connectivity index (χ2v) is 5.29. The van der Waals surface area contributed by atoms with E-state index in [2.05, 4.69) is 36.1 Å². The van der Waals surface area contributed by atoms with E-state index in [4.69, 9.17) is 10.5 Å². The van der Waals surface area contributed by atoms with Crippen LogP contribution in [0.5, 0.6) is 5.75 Å². The van der Waals surface area contributed by atoms with Gasteiger partial charge in [0.25, 0.3) is 0 Å². The molecule has 3 heteroatoms. The van der Waals surface area contributed by atoms with Gasteiger partial charge in [-0.3, -0.25) is 0 Å². The van der Waals surface area contributed by atoms with Gasteiger partial charge in [0.15, 0.2) is 0 Å². The lowest BCUT2D eigenvalue weighted by Crippen LogP contribution is -2.23. The number of ether oxygens (including phenoxy) is 1. The number of nitrogen functional groups attached to an aromatic ring is 1. The summed E-state index contributed by atoms with van der Waals surface area (Å²) in [4.78, 5) is 2.35. The van der Waals surface area contributed by atoms with Gasteiger partial charge in [-0.05, 0) is 37.1 Å². The van der Waals surface area contributed by atoms with Crippen LogP contribution < -0.4 is 15.4 Å². The van der Waals surface area contributed by atoms with Crippen LogP contribution in [-0.2, 0) is 6.54 Å². The highest BCUT2D eigenvalue weighted by Crippen LogP contribution is 2.32. The summed E-state index contributed by atoms with van der Waals surface area (Å²) >= 11 is 0. The number of fused-ring (bicyclic) bond motifs is 1. The number of hydrogen-bond donors (Lipinski definition) is 1. The Kier molecular flexibility index (Phi) is 3.50. The van der Waals surface area contributed by atoms with Gasteiger partial charge in [-0.25, -0.2) is 0 Å². The third-order valence-electron chi connectivity index (χ3n) is 3.70. The van der Waals surface area contributed by atoms with Crippen LogP contribution in [0.1, 0.15) is 17.5 Å². The summed E-state index contributed by atoms with van der Waals surface area (Å²) in [6.07, 6.45) is 1.03. The van der Waals surface area contributed by atoms with Crippen LogP contribution >= 0.6 is 0 Å². The molecule has 20 heavy (non-hydrogen) atoms. The number of para-hydroxylation sites is 2. The molecule has 2 N–H and O–H groups in total. The fourth-order valence-electron chi connectivity index (χ4n) is 2.64. The van der Waals surface area contributed by atoms with Crippen LogP contribution in [0.15, 0.2) is 42.5 Å². The van der Waals surface area contributed by atoms with E-state index >= 15 is 0 Å². The lowest BCUT2D eigenvalue weighted by atomic mass is 10.1. The molecule has 3 rings (SSSR count). The zero-order valence-electron chi connectivity index (χ0n) is 11.8. The maximum absolute atomic E-state index is 6.11. The van der Waals surface area contributed by atoms with Crippen molar-refractivity contribution in [2.45, 2.75) is 19.9 Å². The predicted octanol–water partition coefficient (Wildman–Crippen LogP) is 3.37. The molecular weight excluding hydrogens is 248 g/mol. The van der Waals surface area contributed by atoms with Crippen molar-refractivity contribution >= 4 is 11.4 Å². The molecule has 3 nitrogen and oxygen atoms in total. The molecule has 1 heterocycles. The summed E-state index contributed by atoms with van der Waals surface area (Å²) in [6.45, 7) is 4.69. The first-order valence-electron chi connectivity index (χ1n) is 7.06. The van der Waals surface area contributed by atoms with Crippen LogP contribution in [-0.4, -0.2) is 13.2 Å². The van der Waals surface area contributed by atoms with E-state index in [1.54, 1.807) is 0 Å². The molecule has 0 saturated carbocycles. The van der Waals surface area contributed by atoms with Gasteiger partial charge >= 0.3 is 0 Å². The Hall–Kier alpha value is -2.16. The normalized spacial score (nSPS) is 14.3. The Morgan fingerprint density at radius 3 is 2.95 bits per heavy atom. The molecule has 0 radical (unpaired) electrons. The minimum Gasteiger partial charge on any atom is -0.491 e. The molecule has 0 bridgehead atoms. The SMILES string of the molecule is Cc1ccc(N)c(CN2CCCOc3ccccc32)c1. The molecule has 1 aliphatic rings. The molecule has 0 amide bonds. The van der Waals surface area contributed by atoms with E-state index in [0.29, 0.717) is 0 Å². The molecule has 1 aliphatic heterocycles. The van der Waals surface area contributed by atoms with Crippen LogP contribution in [0, 0.1) is 6.92 Å². The van der Waals surface area contributed by atoms with Gasteiger partial charge in [0.1, 0.15) is 5.75 Å². The molecule has 0 saturated heterocycles. The Balaban J connectivity index is 1.92. The van der Waals surface area contributed by atoms with Crippen LogP contribution in [0.3, 0.4) is 0 Å². The fourth-order valence-corrected chi connectivity index (χ4v) is 2.64. The van der Waals surface area contributed by atoms with Crippen LogP contribution in [0.2, 0.25) is 0 Å². The van der Waals surface area contributed by atoms with Gasteiger partial charge < -0.3 is 15.4 Å². The van der Waals surface area contributed by atoms with E-state index in [-0.39, 0.29) is 0 Å². The van der Waals surface area contributed by atoms with Crippen LogP contribution in [0.4, 0.5) is 11.4 Å². The third kappa shape index (κ3) is 2.57. The lowest BCUT2D eigenvalue weighted by Gasteiger charge is -2.24. The number of nitrogens with zero attached hydrogens (tertiary/aromatic N) is 1. The first-order chi connectivity index (χ1) is 9.74. The average Bonchev–Trinajstić information content (AvgIpc) is 2.66. The summed E-state index contributed by atoms with van der Waals surface area (Å²) in [5.41, 5.74) is 10.6. The number of benzene rings is 2. The molecule has 0 spiro atoms. The largest absolute Gasteiger partial charge is 0.491 e. The van der Waals surface area contributed by atoms with Crippen molar-refractivity contribution in [3.8, 4) is 5.75 Å². The Bertz CT molecular complexity index is 610. The Morgan fingerprint density at radius 1 is 1.20 bits per heavy atom. The Labute approximate surface area is 120 Å². The first-order valence-corrected chi connectivity index (χ1v) is 7.06. The van der Waals surface area contributed by atoms with Gasteiger partial charge in [0, 0.05) is 18.8 Å². The van der Waals surface area contributed by atoms with Gasteiger partial charge in [-0.2, -0.15) is 0 Å². The monoisotopic (exact) mass is 268 g/mol. The molecule has 0 atom stereocenters. The number of aryl methyl sites for hydroxylation is 1. The van der Waals surface area contributed by atoms with Crippen LogP contribution in [0.25, 0.3) is 0 Å². The van der Waals surface area contributed by atoms with Crippen molar-refractivity contribution in [1.29, 1.82) is 0 Å². The number of anilines is 2. The number of nitrogens with two attached hydrogens (primary N) is 1. The summed E-state index contributed by atoms with van der Waals surface area (Å²) in [7, 11) is 0. The molecule has 2 aromatic carbocycles. The highest BCUT2D eigenvalue weighted by molar-refractivity contribution is 5.60. The molecule has 104 valence electrons. The average molecular weight is 268 g/mol. The minimum atomic E-state index is 0.775. The third-order valence-corrected chi connectivity index (χ3v) is 3.70. The molecule has 0 aliphatic carbocycles. The summed E-state index contributed by atoms with van der Waals surface area (Å²) in [5.74, 6) is 0.969. The van der Waals surface area contributed by atoms with Gasteiger partial charge in [-0.1, -0.05) is 29.8 Å². The van der Waals surface area contributed by atoms with Gasteiger partial charge in [0.2, 0.25) is 0 Å². The van der Waals surface area contributed by atoms with E-state index in [9.17, 15) is 0 Å². The zero-order valence-corrected chi connectivity index (χ0v) is 11.8. The minimum absolute atomic E-state index is 0.775. The van der Waals surface area contributed by atoms with E-state index in [0.717, 1.165) is 43.2 Å². The van der Waals surface area contributed by atoms with Crippen molar-refractivity contribution in [3.63, 3.8) is 0 Å². The second-order valence-electron chi connectivity index (χ2n) is 5.29. The first kappa shape index (κ1) is 12.9. The highest BCUT2D eigenvalue weighted by atomic mass is 16.5. The van der Waals surface area contributed by atoms with Gasteiger partial charge in [-0.15, -0.1) is 0 Å². The van der Waals surface area contributed by atoms with E-state index in [1.807, 2.05) is 18.2 Å². The summed E-state index contributed by atoms with van der Waals surface area (Å²) in [6, 6.07) is 14.4. The molecule has 2 aromatic rings. The maximum Gasteiger partial charge on any atom is 0.142 e. The molecular formula is C17H20N2O. The molecule has 0 aromatic heterocycles. The quantitative estimate of drug-likeness (QED) is 0.849. The van der Waals surface area contributed by atoms with E-state index < -0.39 is 0 Å². The van der Waals surface area contributed by atoms with Gasteiger partial charge in [0.05, 0.1) is 12.3 Å². The number of hydrogen-bond acceptors (Lipinski definition) is 3. The molecule has 0 unspecified atom stereocenters. The zero-order chi connectivity index (χ0) is 13.9. The van der Waals surface area contributed by atoms with Crippen molar-refractivity contribution < 1.29 is 4.74 Å². The second kappa shape index (κ2) is 5.45. The Morgan fingerprint density at radius 2 is 2.05 bits per heavy atom.